The third kappa shape index (κ3) is 10.1. The molecule has 66 heavy (non-hydrogen) atoms. The van der Waals surface area contributed by atoms with E-state index in [-0.39, 0.29) is 72.4 Å². The molecule has 2 amide bonds. The van der Waals surface area contributed by atoms with Gasteiger partial charge in [0.25, 0.3) is 0 Å². The van der Waals surface area contributed by atoms with Crippen LogP contribution in [0.3, 0.4) is 0 Å². The van der Waals surface area contributed by atoms with Gasteiger partial charge in [0.2, 0.25) is 11.8 Å². The van der Waals surface area contributed by atoms with Gasteiger partial charge in [0, 0.05) is 108 Å². The van der Waals surface area contributed by atoms with Crippen molar-refractivity contribution in [3.63, 3.8) is 0 Å². The van der Waals surface area contributed by atoms with Crippen LogP contribution in [0.2, 0.25) is 0 Å². The summed E-state index contributed by atoms with van der Waals surface area (Å²) in [7, 11) is -2.29. The lowest BCUT2D eigenvalue weighted by Gasteiger charge is -2.52. The van der Waals surface area contributed by atoms with E-state index in [1.807, 2.05) is 28.0 Å². The number of esters is 1. The van der Waals surface area contributed by atoms with Crippen LogP contribution in [0.1, 0.15) is 81.8 Å². The lowest BCUT2D eigenvalue weighted by molar-refractivity contribution is -0.142. The molecule has 0 bridgehead atoms. The number of carbonyl (C=O) groups excluding carboxylic acids is 3. The van der Waals surface area contributed by atoms with Crippen molar-refractivity contribution in [3.05, 3.63) is 71.6 Å². The van der Waals surface area contributed by atoms with Gasteiger partial charge in [-0.15, -0.1) is 0 Å². The summed E-state index contributed by atoms with van der Waals surface area (Å²) in [6.45, 7) is 9.73. The zero-order chi connectivity index (χ0) is 46.0. The molecule has 2 aromatic carbocycles. The molecule has 12 nitrogen and oxygen atoms in total. The number of methoxy groups -OCH3 is 1. The van der Waals surface area contributed by atoms with Gasteiger partial charge in [0.05, 0.1) is 12.0 Å². The maximum atomic E-state index is 15.2. The average Bonchev–Trinajstić information content (AvgIpc) is 3.91. The second kappa shape index (κ2) is 20.4. The molecule has 15 heteroatoms. The number of likely N-dealkylation sites (tertiary alicyclic amines) is 5. The first kappa shape index (κ1) is 47.2. The first-order valence-corrected chi connectivity index (χ1v) is 26.4. The van der Waals surface area contributed by atoms with E-state index in [2.05, 4.69) is 20.8 Å². The molecule has 9 rings (SSSR count). The van der Waals surface area contributed by atoms with E-state index in [0.717, 1.165) is 102 Å². The van der Waals surface area contributed by atoms with Gasteiger partial charge in [0.1, 0.15) is 17.2 Å². The molecule has 6 saturated heterocycles. The van der Waals surface area contributed by atoms with Crippen molar-refractivity contribution in [3.8, 4) is 0 Å². The SMILES string of the molecule is COC(=O)C[C@H]1CCC[C@@H]1[C@](CN1CCCC1=O)(c1cccc(F)c1)C1CCN(CC2CN(c3ccc(S(=O)(=O)C4CN(C(=O)/C=C/CN5CCCCC5)C4)c(CN4CC(F)C4)c3)C2)CC1. The highest BCUT2D eigenvalue weighted by molar-refractivity contribution is 7.92. The van der Waals surface area contributed by atoms with E-state index in [4.69, 9.17) is 4.74 Å². The lowest BCUT2D eigenvalue weighted by atomic mass is 9.56. The number of benzene rings is 2. The second-order valence-corrected chi connectivity index (χ2v) is 22.8. The number of ether oxygens (including phenoxy) is 1. The highest BCUT2D eigenvalue weighted by atomic mass is 32.2. The quantitative estimate of drug-likeness (QED) is 0.145. The van der Waals surface area contributed by atoms with E-state index in [9.17, 15) is 27.2 Å². The Balaban J connectivity index is 0.842. The lowest BCUT2D eigenvalue weighted by Crippen LogP contribution is -2.57. The zero-order valence-corrected chi connectivity index (χ0v) is 39.7. The Morgan fingerprint density at radius 1 is 0.848 bits per heavy atom. The maximum Gasteiger partial charge on any atom is 0.305 e. The molecule has 3 atom stereocenters. The minimum absolute atomic E-state index is 0.0967. The molecule has 2 aromatic rings. The smallest absolute Gasteiger partial charge is 0.305 e. The van der Waals surface area contributed by atoms with Crippen LogP contribution in [0.25, 0.3) is 0 Å². The zero-order valence-electron chi connectivity index (χ0n) is 38.8. The molecule has 0 spiro atoms. The fraction of sp³-hybridized carbons (Fsp3) is 0.667. The van der Waals surface area contributed by atoms with Gasteiger partial charge >= 0.3 is 5.97 Å². The van der Waals surface area contributed by atoms with Crippen molar-refractivity contribution in [2.45, 2.75) is 98.9 Å². The first-order chi connectivity index (χ1) is 31.9. The van der Waals surface area contributed by atoms with Crippen LogP contribution in [0, 0.1) is 29.5 Å². The number of amides is 2. The Morgan fingerprint density at radius 2 is 1.62 bits per heavy atom. The van der Waals surface area contributed by atoms with Crippen molar-refractivity contribution in [2.24, 2.45) is 23.7 Å². The number of sulfone groups is 1. The van der Waals surface area contributed by atoms with Gasteiger partial charge in [-0.25, -0.2) is 17.2 Å². The largest absolute Gasteiger partial charge is 0.469 e. The van der Waals surface area contributed by atoms with Crippen molar-refractivity contribution in [2.75, 3.05) is 104 Å². The number of hydrogen-bond acceptors (Lipinski definition) is 10. The Bertz CT molecular complexity index is 2200. The molecule has 1 aliphatic carbocycles. The van der Waals surface area contributed by atoms with E-state index in [0.29, 0.717) is 44.0 Å². The highest BCUT2D eigenvalue weighted by Gasteiger charge is 2.53. The third-order valence-electron chi connectivity index (χ3n) is 16.4. The van der Waals surface area contributed by atoms with Crippen LogP contribution in [-0.4, -0.2) is 161 Å². The van der Waals surface area contributed by atoms with Gasteiger partial charge in [-0.05, 0) is 130 Å². The summed E-state index contributed by atoms with van der Waals surface area (Å²) in [5, 5.41) is -0.675. The van der Waals surface area contributed by atoms with Crippen LogP contribution >= 0.6 is 0 Å². The number of nitrogens with zero attached hydrogens (tertiary/aromatic N) is 6. The minimum atomic E-state index is -3.73. The predicted molar refractivity (Wildman–Crippen MR) is 250 cm³/mol. The molecule has 360 valence electrons. The fourth-order valence-corrected chi connectivity index (χ4v) is 14.6. The van der Waals surface area contributed by atoms with Crippen molar-refractivity contribution in [1.29, 1.82) is 0 Å². The summed E-state index contributed by atoms with van der Waals surface area (Å²) >= 11 is 0. The number of anilines is 1. The van der Waals surface area contributed by atoms with E-state index >= 15 is 4.39 Å². The number of piperidine rings is 2. The van der Waals surface area contributed by atoms with E-state index < -0.39 is 26.7 Å². The summed E-state index contributed by atoms with van der Waals surface area (Å²) in [5.74, 6) is 0.356. The van der Waals surface area contributed by atoms with Crippen LogP contribution in [0.4, 0.5) is 14.5 Å². The molecule has 0 N–H and O–H groups in total. The second-order valence-electron chi connectivity index (χ2n) is 20.7. The number of halogens is 2. The topological polar surface area (TPSA) is 114 Å². The molecule has 0 radical (unpaired) electrons. The molecule has 6 heterocycles. The van der Waals surface area contributed by atoms with Crippen LogP contribution in [0.15, 0.2) is 59.5 Å². The summed E-state index contributed by atoms with van der Waals surface area (Å²) in [6.07, 6.45) is 12.5. The maximum absolute atomic E-state index is 15.2. The molecule has 7 fully saturated rings. The molecule has 6 aliphatic heterocycles. The first-order valence-electron chi connectivity index (χ1n) is 24.9. The van der Waals surface area contributed by atoms with E-state index in [1.54, 1.807) is 29.2 Å². The van der Waals surface area contributed by atoms with Gasteiger partial charge in [0.15, 0.2) is 9.84 Å². The van der Waals surface area contributed by atoms with Crippen LogP contribution in [0.5, 0.6) is 0 Å². The minimum Gasteiger partial charge on any atom is -0.469 e. The van der Waals surface area contributed by atoms with E-state index in [1.165, 1.54) is 32.4 Å². The molecule has 0 aromatic heterocycles. The van der Waals surface area contributed by atoms with Gasteiger partial charge in [-0.2, -0.15) is 0 Å². The molecule has 0 unspecified atom stereocenters. The fourth-order valence-electron chi connectivity index (χ4n) is 12.8. The van der Waals surface area contributed by atoms with Crippen LogP contribution in [-0.2, 0) is 40.9 Å². The Kier molecular flexibility index (Phi) is 14.5. The van der Waals surface area contributed by atoms with Crippen LogP contribution < -0.4 is 4.90 Å². The van der Waals surface area contributed by atoms with Crippen molar-refractivity contribution < 1.29 is 36.3 Å². The number of rotatable bonds is 17. The van der Waals surface area contributed by atoms with Crippen molar-refractivity contribution in [1.82, 2.24) is 24.5 Å². The summed E-state index contributed by atoms with van der Waals surface area (Å²) in [5.41, 5.74) is 2.11. The summed E-state index contributed by atoms with van der Waals surface area (Å²) in [4.78, 5) is 52.0. The highest BCUT2D eigenvalue weighted by Crippen LogP contribution is 2.54. The number of carbonyl (C=O) groups is 3. The average molecular weight is 933 g/mol. The molecule has 7 aliphatic rings. The third-order valence-corrected chi connectivity index (χ3v) is 18.6. The predicted octanol–water partition coefficient (Wildman–Crippen LogP) is 5.69. The monoisotopic (exact) mass is 933 g/mol. The normalized spacial score (nSPS) is 25.6. The number of alkyl halides is 1. The number of hydrogen-bond donors (Lipinski definition) is 0. The Labute approximate surface area is 390 Å². The van der Waals surface area contributed by atoms with Gasteiger partial charge in [-0.1, -0.05) is 31.1 Å². The summed E-state index contributed by atoms with van der Waals surface area (Å²) in [6, 6.07) is 12.7. The summed E-state index contributed by atoms with van der Waals surface area (Å²) < 4.78 is 62.6. The van der Waals surface area contributed by atoms with Crippen molar-refractivity contribution >= 4 is 33.3 Å². The van der Waals surface area contributed by atoms with Gasteiger partial charge in [-0.3, -0.25) is 24.2 Å². The molecular weight excluding hydrogens is 863 g/mol. The molecular formula is C51H70F2N6O6S. The van der Waals surface area contributed by atoms with Gasteiger partial charge < -0.3 is 24.3 Å². The Morgan fingerprint density at radius 3 is 2.32 bits per heavy atom. The standard InChI is InChI=1S/C51H70F2N6O6S/c1-65-50(62)26-38-9-5-12-46(38)51(36-57-22-8-14-48(57)60,41-10-6-11-42(52)27-41)40-17-23-55(24-18-40)28-37-29-58(30-37)44-15-16-47(39(25-44)31-56-32-43(53)33-56)66(63,64)45-34-59(35-45)49(61)13-7-21-54-19-3-2-4-20-54/h6-7,10-11,13,15-16,25,27,37-38,40,43,45-46H,2-5,8-9,12,14,17-24,26,28-36H2,1H3/b13-7+/t38-,46+,51+/m1/s1. The molecule has 1 saturated carbocycles. The Hall–Kier alpha value is -3.92.